The molecule has 5 nitrogen and oxygen atoms in total. The van der Waals surface area contributed by atoms with E-state index in [9.17, 15) is 0 Å². The third-order valence-corrected chi connectivity index (χ3v) is 2.73. The van der Waals surface area contributed by atoms with Gasteiger partial charge in [-0.3, -0.25) is 0 Å². The highest BCUT2D eigenvalue weighted by atomic mass is 16.5. The molecule has 17 heavy (non-hydrogen) atoms. The van der Waals surface area contributed by atoms with E-state index >= 15 is 0 Å². The number of aryl methyl sites for hydroxylation is 1. The van der Waals surface area contributed by atoms with E-state index in [1.54, 1.807) is 6.07 Å². The third-order valence-electron chi connectivity index (χ3n) is 2.73. The quantitative estimate of drug-likeness (QED) is 0.726. The molecular weight excluding hydrogens is 218 g/mol. The van der Waals surface area contributed by atoms with Gasteiger partial charge in [-0.05, 0) is 12.1 Å². The van der Waals surface area contributed by atoms with Crippen molar-refractivity contribution < 1.29 is 9.63 Å². The number of fused-ring (bicyclic) bond motifs is 1. The standard InChI is InChI=1S/C12H11N3O2/c1-15-10-5-3-2-4-9(10)13-12(15)11-6-8(7-16)14-17-11/h2-6,16H,7H2,1H3. The Morgan fingerprint density at radius 2 is 2.18 bits per heavy atom. The van der Waals surface area contributed by atoms with Gasteiger partial charge < -0.3 is 14.2 Å². The predicted molar refractivity (Wildman–Crippen MR) is 62.1 cm³/mol. The average Bonchev–Trinajstić information content (AvgIpc) is 2.95. The number of nitrogens with zero attached hydrogens (tertiary/aromatic N) is 3. The lowest BCUT2D eigenvalue weighted by Gasteiger charge is -1.96. The van der Waals surface area contributed by atoms with Crippen molar-refractivity contribution in [3.05, 3.63) is 36.0 Å². The first-order valence-electron chi connectivity index (χ1n) is 5.28. The van der Waals surface area contributed by atoms with E-state index in [-0.39, 0.29) is 6.61 Å². The molecule has 0 aliphatic heterocycles. The largest absolute Gasteiger partial charge is 0.390 e. The summed E-state index contributed by atoms with van der Waals surface area (Å²) >= 11 is 0. The summed E-state index contributed by atoms with van der Waals surface area (Å²) in [6, 6.07) is 9.55. The number of hydrogen-bond acceptors (Lipinski definition) is 4. The highest BCUT2D eigenvalue weighted by molar-refractivity contribution is 5.79. The van der Waals surface area contributed by atoms with E-state index in [2.05, 4.69) is 10.1 Å². The van der Waals surface area contributed by atoms with Gasteiger partial charge in [-0.2, -0.15) is 0 Å². The summed E-state index contributed by atoms with van der Waals surface area (Å²) in [5.41, 5.74) is 2.45. The lowest BCUT2D eigenvalue weighted by atomic mass is 10.3. The first-order valence-corrected chi connectivity index (χ1v) is 5.28. The summed E-state index contributed by atoms with van der Waals surface area (Å²) in [5, 5.41) is 12.7. The lowest BCUT2D eigenvalue weighted by molar-refractivity contribution is 0.267. The molecule has 3 aromatic rings. The molecule has 0 radical (unpaired) electrons. The van der Waals surface area contributed by atoms with Crippen molar-refractivity contribution in [1.82, 2.24) is 14.7 Å². The molecule has 0 unspecified atom stereocenters. The molecule has 0 spiro atoms. The van der Waals surface area contributed by atoms with Crippen LogP contribution in [0.3, 0.4) is 0 Å². The molecule has 1 N–H and O–H groups in total. The van der Waals surface area contributed by atoms with Crippen LogP contribution in [0.4, 0.5) is 0 Å². The van der Waals surface area contributed by atoms with Gasteiger partial charge in [0.25, 0.3) is 0 Å². The van der Waals surface area contributed by atoms with Gasteiger partial charge in [0.1, 0.15) is 5.69 Å². The van der Waals surface area contributed by atoms with Crippen LogP contribution in [0.2, 0.25) is 0 Å². The number of hydrogen-bond donors (Lipinski definition) is 1. The number of para-hydroxylation sites is 2. The fourth-order valence-corrected chi connectivity index (χ4v) is 1.86. The number of aliphatic hydroxyl groups excluding tert-OH is 1. The van der Waals surface area contributed by atoms with E-state index < -0.39 is 0 Å². The van der Waals surface area contributed by atoms with Crippen LogP contribution in [0, 0.1) is 0 Å². The minimum atomic E-state index is -0.132. The molecule has 2 aromatic heterocycles. The van der Waals surface area contributed by atoms with Gasteiger partial charge in [0.2, 0.25) is 5.76 Å². The smallest absolute Gasteiger partial charge is 0.202 e. The molecule has 0 saturated heterocycles. The Morgan fingerprint density at radius 3 is 2.88 bits per heavy atom. The Balaban J connectivity index is 2.20. The fraction of sp³-hybridized carbons (Fsp3) is 0.167. The SMILES string of the molecule is Cn1c(-c2cc(CO)no2)nc2ccccc21. The second-order valence-corrected chi connectivity index (χ2v) is 3.82. The molecule has 0 saturated carbocycles. The van der Waals surface area contributed by atoms with Gasteiger partial charge in [0, 0.05) is 13.1 Å². The van der Waals surface area contributed by atoms with E-state index in [0.29, 0.717) is 17.3 Å². The molecule has 0 aliphatic rings. The van der Waals surface area contributed by atoms with Crippen LogP contribution >= 0.6 is 0 Å². The fourth-order valence-electron chi connectivity index (χ4n) is 1.86. The normalized spacial score (nSPS) is 11.2. The summed E-state index contributed by atoms with van der Waals surface area (Å²) in [6.45, 7) is -0.132. The Kier molecular flexibility index (Phi) is 2.19. The molecule has 1 aromatic carbocycles. The van der Waals surface area contributed by atoms with Crippen molar-refractivity contribution in [2.24, 2.45) is 7.05 Å². The minimum absolute atomic E-state index is 0.132. The third kappa shape index (κ3) is 1.52. The summed E-state index contributed by atoms with van der Waals surface area (Å²) in [5.74, 6) is 1.27. The maximum atomic E-state index is 8.96. The van der Waals surface area contributed by atoms with Crippen LogP contribution in [-0.2, 0) is 13.7 Å². The van der Waals surface area contributed by atoms with E-state index in [1.807, 2.05) is 35.9 Å². The maximum Gasteiger partial charge on any atom is 0.202 e. The number of imidazole rings is 1. The Labute approximate surface area is 97.3 Å². The molecule has 3 rings (SSSR count). The van der Waals surface area contributed by atoms with Gasteiger partial charge in [-0.25, -0.2) is 4.98 Å². The topological polar surface area (TPSA) is 64.1 Å². The molecule has 0 aliphatic carbocycles. The van der Waals surface area contributed by atoms with Gasteiger partial charge in [-0.15, -0.1) is 0 Å². The molecule has 0 bridgehead atoms. The summed E-state index contributed by atoms with van der Waals surface area (Å²) in [6.07, 6.45) is 0. The number of aromatic nitrogens is 3. The highest BCUT2D eigenvalue weighted by Gasteiger charge is 2.13. The van der Waals surface area contributed by atoms with Crippen molar-refractivity contribution in [3.63, 3.8) is 0 Å². The predicted octanol–water partition coefficient (Wildman–Crippen LogP) is 1.72. The van der Waals surface area contributed by atoms with Gasteiger partial charge in [-0.1, -0.05) is 17.3 Å². The molecule has 0 amide bonds. The van der Waals surface area contributed by atoms with Crippen molar-refractivity contribution in [2.75, 3.05) is 0 Å². The first-order chi connectivity index (χ1) is 8.29. The monoisotopic (exact) mass is 229 g/mol. The zero-order valence-corrected chi connectivity index (χ0v) is 9.29. The number of rotatable bonds is 2. The second kappa shape index (κ2) is 3.71. The van der Waals surface area contributed by atoms with Crippen molar-refractivity contribution >= 4 is 11.0 Å². The molecule has 2 heterocycles. The summed E-state index contributed by atoms with van der Waals surface area (Å²) in [4.78, 5) is 4.48. The van der Waals surface area contributed by atoms with Crippen LogP contribution in [0.1, 0.15) is 5.69 Å². The van der Waals surface area contributed by atoms with E-state index in [4.69, 9.17) is 9.63 Å². The van der Waals surface area contributed by atoms with E-state index in [0.717, 1.165) is 11.0 Å². The van der Waals surface area contributed by atoms with Gasteiger partial charge >= 0.3 is 0 Å². The van der Waals surface area contributed by atoms with Crippen LogP contribution < -0.4 is 0 Å². The first kappa shape index (κ1) is 10.0. The minimum Gasteiger partial charge on any atom is -0.390 e. The number of benzene rings is 1. The van der Waals surface area contributed by atoms with Crippen molar-refractivity contribution in [1.29, 1.82) is 0 Å². The Morgan fingerprint density at radius 1 is 1.35 bits per heavy atom. The van der Waals surface area contributed by atoms with Crippen molar-refractivity contribution in [3.8, 4) is 11.6 Å². The summed E-state index contributed by atoms with van der Waals surface area (Å²) in [7, 11) is 1.92. The van der Waals surface area contributed by atoms with Crippen LogP contribution in [0.15, 0.2) is 34.9 Å². The molecule has 0 atom stereocenters. The van der Waals surface area contributed by atoms with Gasteiger partial charge in [0.15, 0.2) is 5.82 Å². The molecular formula is C12H11N3O2. The Bertz CT molecular complexity index is 669. The van der Waals surface area contributed by atoms with E-state index in [1.165, 1.54) is 0 Å². The lowest BCUT2D eigenvalue weighted by Crippen LogP contribution is -1.90. The molecule has 5 heteroatoms. The molecule has 0 fully saturated rings. The zero-order chi connectivity index (χ0) is 11.8. The number of aliphatic hydroxyl groups is 1. The highest BCUT2D eigenvalue weighted by Crippen LogP contribution is 2.23. The molecule has 86 valence electrons. The van der Waals surface area contributed by atoms with Crippen molar-refractivity contribution in [2.45, 2.75) is 6.61 Å². The van der Waals surface area contributed by atoms with Gasteiger partial charge in [0.05, 0.1) is 17.6 Å². The maximum absolute atomic E-state index is 8.96. The second-order valence-electron chi connectivity index (χ2n) is 3.82. The van der Waals surface area contributed by atoms with Crippen LogP contribution in [0.25, 0.3) is 22.6 Å². The Hall–Kier alpha value is -2.14. The average molecular weight is 229 g/mol. The zero-order valence-electron chi connectivity index (χ0n) is 9.29. The summed E-state index contributed by atoms with van der Waals surface area (Å²) < 4.78 is 7.10. The van der Waals surface area contributed by atoms with Crippen LogP contribution in [0.5, 0.6) is 0 Å². The van der Waals surface area contributed by atoms with Crippen LogP contribution in [-0.4, -0.2) is 19.8 Å².